The summed E-state index contributed by atoms with van der Waals surface area (Å²) in [6.07, 6.45) is 6.93. The number of hydrogen-bond acceptors (Lipinski definition) is 9. The Morgan fingerprint density at radius 3 is 2.86 bits per heavy atom. The summed E-state index contributed by atoms with van der Waals surface area (Å²) in [5.74, 6) is 1.21. The number of nitrogens with one attached hydrogen (secondary N) is 4. The van der Waals surface area contributed by atoms with E-state index in [2.05, 4.69) is 52.3 Å². The maximum absolute atomic E-state index is 12.1. The number of benzene rings is 2. The summed E-state index contributed by atoms with van der Waals surface area (Å²) in [5, 5.41) is 19.8. The topological polar surface area (TPSA) is 130 Å². The maximum atomic E-state index is 12.1. The molecule has 1 amide bonds. The molecule has 0 bridgehead atoms. The summed E-state index contributed by atoms with van der Waals surface area (Å²) in [6, 6.07) is 16.0. The number of fused-ring (bicyclic) bond motifs is 2. The van der Waals surface area contributed by atoms with Crippen LogP contribution >= 0.6 is 0 Å². The fourth-order valence-corrected chi connectivity index (χ4v) is 5.34. The third-order valence-corrected chi connectivity index (χ3v) is 7.57. The van der Waals surface area contributed by atoms with Crippen molar-refractivity contribution in [2.75, 3.05) is 42.2 Å². The van der Waals surface area contributed by atoms with Gasteiger partial charge in [0.05, 0.1) is 24.6 Å². The van der Waals surface area contributed by atoms with Crippen molar-refractivity contribution in [2.24, 2.45) is 0 Å². The van der Waals surface area contributed by atoms with Gasteiger partial charge in [0.25, 0.3) is 0 Å². The van der Waals surface area contributed by atoms with Crippen molar-refractivity contribution in [1.29, 1.82) is 0 Å². The number of pyridine rings is 1. The number of rotatable bonds is 10. The lowest BCUT2D eigenvalue weighted by molar-refractivity contribution is -0.111. The lowest BCUT2D eigenvalue weighted by Gasteiger charge is -2.23. The van der Waals surface area contributed by atoms with Gasteiger partial charge in [-0.1, -0.05) is 50.3 Å². The van der Waals surface area contributed by atoms with E-state index in [1.807, 2.05) is 49.5 Å². The highest BCUT2D eigenvalue weighted by molar-refractivity contribution is 6.02. The number of ether oxygens (including phenoxy) is 1. The molecular weight excluding hydrogens is 554 g/mol. The van der Waals surface area contributed by atoms with Crippen molar-refractivity contribution in [1.82, 2.24) is 29.9 Å². The molecule has 0 spiro atoms. The fraction of sp³-hybridized carbons (Fsp3) is 0.303. The zero-order valence-electron chi connectivity index (χ0n) is 25.2. The Bertz CT molecular complexity index is 1810. The smallest absolute Gasteiger partial charge is 0.248 e. The summed E-state index contributed by atoms with van der Waals surface area (Å²) in [7, 11) is 0. The predicted octanol–water partition coefficient (Wildman–Crippen LogP) is 4.99. The van der Waals surface area contributed by atoms with Gasteiger partial charge in [-0.3, -0.25) is 9.78 Å². The molecule has 5 aromatic rings. The molecule has 11 nitrogen and oxygen atoms in total. The second kappa shape index (κ2) is 13.2. The number of nitrogens with zero attached hydrogens (tertiary/aromatic N) is 5. The minimum atomic E-state index is -0.160. The minimum Gasteiger partial charge on any atom is -0.374 e. The Hall–Kier alpha value is -4.87. The Balaban J connectivity index is 1.29. The molecule has 2 aromatic carbocycles. The lowest BCUT2D eigenvalue weighted by atomic mass is 9.99. The third-order valence-electron chi connectivity index (χ3n) is 7.57. The van der Waals surface area contributed by atoms with Gasteiger partial charge in [-0.25, -0.2) is 0 Å². The highest BCUT2D eigenvalue weighted by Gasteiger charge is 2.18. The molecule has 4 N–H and O–H groups in total. The zero-order valence-corrected chi connectivity index (χ0v) is 25.2. The molecule has 1 saturated heterocycles. The second-order valence-electron chi connectivity index (χ2n) is 11.0. The van der Waals surface area contributed by atoms with Gasteiger partial charge in [-0.15, -0.1) is 0 Å². The Morgan fingerprint density at radius 2 is 2.05 bits per heavy atom. The average Bonchev–Trinajstić information content (AvgIpc) is 3.48. The first-order valence-electron chi connectivity index (χ1n) is 15.0. The van der Waals surface area contributed by atoms with E-state index in [9.17, 15) is 4.79 Å². The van der Waals surface area contributed by atoms with Crippen LogP contribution in [0.15, 0.2) is 73.1 Å². The molecule has 226 valence electrons. The number of carbonyl (C=O) groups is 1. The molecule has 1 unspecified atom stereocenters. The third kappa shape index (κ3) is 6.38. The SMILES string of the molecule is C/C=C/C(=O)Nc1ccc2c(-c3ccccc3CNc3nc(NCC4CNCCO4)nc4c(C(C)C)cnn34)nccc2c1. The van der Waals surface area contributed by atoms with Gasteiger partial charge < -0.3 is 26.0 Å². The van der Waals surface area contributed by atoms with Crippen LogP contribution in [0.1, 0.15) is 37.8 Å². The van der Waals surface area contributed by atoms with Crippen LogP contribution in [0, 0.1) is 0 Å². The molecule has 11 heteroatoms. The number of allylic oxidation sites excluding steroid dienone is 1. The van der Waals surface area contributed by atoms with Crippen LogP contribution in [0.4, 0.5) is 17.6 Å². The van der Waals surface area contributed by atoms with Crippen LogP contribution in [0.2, 0.25) is 0 Å². The molecule has 1 aliphatic rings. The first kappa shape index (κ1) is 29.2. The number of amides is 1. The van der Waals surface area contributed by atoms with E-state index in [1.54, 1.807) is 16.8 Å². The summed E-state index contributed by atoms with van der Waals surface area (Å²) >= 11 is 0. The van der Waals surface area contributed by atoms with Gasteiger partial charge in [0, 0.05) is 54.6 Å². The van der Waals surface area contributed by atoms with Gasteiger partial charge >= 0.3 is 0 Å². The van der Waals surface area contributed by atoms with Crippen LogP contribution in [0.5, 0.6) is 0 Å². The lowest BCUT2D eigenvalue weighted by Crippen LogP contribution is -2.42. The quantitative estimate of drug-likeness (QED) is 0.166. The molecule has 3 aromatic heterocycles. The van der Waals surface area contributed by atoms with Gasteiger partial charge in [-0.2, -0.15) is 19.6 Å². The minimum absolute atomic E-state index is 0.0510. The van der Waals surface area contributed by atoms with Crippen LogP contribution in [-0.4, -0.2) is 62.8 Å². The molecule has 44 heavy (non-hydrogen) atoms. The number of hydrogen-bond donors (Lipinski definition) is 4. The summed E-state index contributed by atoms with van der Waals surface area (Å²) < 4.78 is 7.61. The molecule has 0 saturated carbocycles. The standard InChI is InChI=1S/C33H37N9O2/c1-4-7-29(43)39-24-10-11-27-22(16-24)12-13-35-30(27)26-9-6-5-8-23(26)17-37-33-41-32(36-19-25-18-34-14-15-44-25)40-31-28(21(2)3)20-38-42(31)33/h4-13,16,20-21,25,34H,14-15,17-19H2,1-3H3,(H,39,43)(H2,36,37,40,41)/b7-4+. The monoisotopic (exact) mass is 591 g/mol. The van der Waals surface area contributed by atoms with Gasteiger partial charge in [0.1, 0.15) is 0 Å². The average molecular weight is 592 g/mol. The van der Waals surface area contributed by atoms with Crippen molar-refractivity contribution in [2.45, 2.75) is 39.3 Å². The normalized spacial score (nSPS) is 15.3. The summed E-state index contributed by atoms with van der Waals surface area (Å²) in [6.45, 7) is 9.52. The Morgan fingerprint density at radius 1 is 1.16 bits per heavy atom. The van der Waals surface area contributed by atoms with E-state index in [0.717, 1.165) is 57.6 Å². The van der Waals surface area contributed by atoms with Crippen LogP contribution in [0.3, 0.4) is 0 Å². The molecule has 1 fully saturated rings. The highest BCUT2D eigenvalue weighted by atomic mass is 16.5. The Labute approximate surface area is 256 Å². The van der Waals surface area contributed by atoms with Crippen molar-refractivity contribution < 1.29 is 9.53 Å². The fourth-order valence-electron chi connectivity index (χ4n) is 5.34. The first-order chi connectivity index (χ1) is 21.5. The van der Waals surface area contributed by atoms with E-state index in [0.29, 0.717) is 31.6 Å². The predicted molar refractivity (Wildman–Crippen MR) is 174 cm³/mol. The Kier molecular flexibility index (Phi) is 8.76. The van der Waals surface area contributed by atoms with E-state index in [4.69, 9.17) is 19.7 Å². The molecule has 1 aliphatic heterocycles. The van der Waals surface area contributed by atoms with Crippen LogP contribution in [-0.2, 0) is 16.1 Å². The highest BCUT2D eigenvalue weighted by Crippen LogP contribution is 2.31. The van der Waals surface area contributed by atoms with E-state index in [-0.39, 0.29) is 17.9 Å². The molecular formula is C33H37N9O2. The van der Waals surface area contributed by atoms with Gasteiger partial charge in [0.2, 0.25) is 17.8 Å². The number of aromatic nitrogens is 5. The number of carbonyl (C=O) groups excluding carboxylic acids is 1. The van der Waals surface area contributed by atoms with E-state index in [1.165, 1.54) is 6.08 Å². The van der Waals surface area contributed by atoms with E-state index >= 15 is 0 Å². The van der Waals surface area contributed by atoms with Gasteiger partial charge in [-0.05, 0) is 48.1 Å². The van der Waals surface area contributed by atoms with Crippen LogP contribution in [0.25, 0.3) is 27.7 Å². The van der Waals surface area contributed by atoms with Crippen molar-refractivity contribution >= 4 is 39.9 Å². The molecule has 0 aliphatic carbocycles. The van der Waals surface area contributed by atoms with Gasteiger partial charge in [0.15, 0.2) is 5.65 Å². The maximum Gasteiger partial charge on any atom is 0.248 e. The van der Waals surface area contributed by atoms with Crippen molar-refractivity contribution in [3.05, 3.63) is 84.2 Å². The zero-order chi connectivity index (χ0) is 30.5. The largest absolute Gasteiger partial charge is 0.374 e. The van der Waals surface area contributed by atoms with Crippen molar-refractivity contribution in [3.63, 3.8) is 0 Å². The summed E-state index contributed by atoms with van der Waals surface area (Å²) in [4.78, 5) is 26.5. The molecule has 4 heterocycles. The number of morpholine rings is 1. The molecule has 0 radical (unpaired) electrons. The molecule has 1 atom stereocenters. The summed E-state index contributed by atoms with van der Waals surface area (Å²) in [5.41, 5.74) is 5.47. The van der Waals surface area contributed by atoms with Crippen LogP contribution < -0.4 is 21.3 Å². The van der Waals surface area contributed by atoms with E-state index < -0.39 is 0 Å². The van der Waals surface area contributed by atoms with Crippen molar-refractivity contribution in [3.8, 4) is 11.3 Å². The number of anilines is 3. The molecule has 6 rings (SSSR count). The first-order valence-corrected chi connectivity index (χ1v) is 15.0. The second-order valence-corrected chi connectivity index (χ2v) is 11.0.